The third-order valence-electron chi connectivity index (χ3n) is 6.89. The number of nitrogens with zero attached hydrogens (tertiary/aromatic N) is 1. The summed E-state index contributed by atoms with van der Waals surface area (Å²) in [4.78, 5) is 28.7. The molecule has 2 amide bonds. The maximum Gasteiger partial charge on any atom is 0.239 e. The van der Waals surface area contributed by atoms with Crippen molar-refractivity contribution in [2.24, 2.45) is 11.8 Å². The molecule has 31 heavy (non-hydrogen) atoms. The van der Waals surface area contributed by atoms with E-state index in [2.05, 4.69) is 15.9 Å². The first kappa shape index (κ1) is 18.9. The third-order valence-corrected chi connectivity index (χ3v) is 8.23. The largest absolute Gasteiger partial charge is 0.595 e. The van der Waals surface area contributed by atoms with Crippen molar-refractivity contribution < 1.29 is 20.0 Å². The zero-order valence-corrected chi connectivity index (χ0v) is 17.7. The zero-order chi connectivity index (χ0) is 21.5. The Morgan fingerprint density at radius 1 is 0.871 bits per heavy atom. The van der Waals surface area contributed by atoms with E-state index in [0.29, 0.717) is 5.69 Å². The minimum atomic E-state index is -1.05. The number of hydrogen-bond donors (Lipinski definition) is 2. The average Bonchev–Trinajstić information content (AvgIpc) is 3.06. The highest BCUT2D eigenvalue weighted by Gasteiger charge is 2.67. The van der Waals surface area contributed by atoms with Crippen molar-refractivity contribution in [3.8, 4) is 0 Å². The number of nitrogens with one attached hydrogen (secondary N) is 1. The molecule has 1 fully saturated rings. The first-order valence-electron chi connectivity index (χ1n) is 10.0. The molecule has 6 nitrogen and oxygen atoms in total. The number of amides is 2. The van der Waals surface area contributed by atoms with Crippen LogP contribution in [0.2, 0.25) is 0 Å². The number of benzene rings is 3. The zero-order valence-electron chi connectivity index (χ0n) is 16.2. The number of halogens is 1. The van der Waals surface area contributed by atoms with Gasteiger partial charge in [0.05, 0.1) is 21.8 Å². The Morgan fingerprint density at radius 3 is 1.97 bits per heavy atom. The highest BCUT2D eigenvalue weighted by Crippen LogP contribution is 2.66. The Bertz CT molecular complexity index is 1210. The number of carbonyl (C=O) groups excluding carboxylic acids is 2. The van der Waals surface area contributed by atoms with Gasteiger partial charge in [-0.2, -0.15) is 5.23 Å². The molecule has 0 radical (unpaired) electrons. The van der Waals surface area contributed by atoms with Gasteiger partial charge in [-0.05, 0) is 34.4 Å². The second kappa shape index (κ2) is 6.34. The Morgan fingerprint density at radius 2 is 1.42 bits per heavy atom. The summed E-state index contributed by atoms with van der Waals surface area (Å²) in [6.07, 6.45) is 0. The van der Waals surface area contributed by atoms with Crippen LogP contribution in [0.5, 0.6) is 0 Å². The quantitative estimate of drug-likeness (QED) is 0.338. The third kappa shape index (κ3) is 2.26. The topological polar surface area (TPSA) is 85.1 Å². The van der Waals surface area contributed by atoms with Gasteiger partial charge < -0.3 is 5.21 Å². The van der Waals surface area contributed by atoms with E-state index in [0.717, 1.165) is 22.3 Å². The summed E-state index contributed by atoms with van der Waals surface area (Å²) in [6.45, 7) is 0. The summed E-state index contributed by atoms with van der Waals surface area (Å²) in [6, 6.07) is 21.9. The van der Waals surface area contributed by atoms with Crippen molar-refractivity contribution in [2.75, 3.05) is 4.90 Å². The average molecular weight is 477 g/mol. The van der Waals surface area contributed by atoms with Crippen LogP contribution in [0, 0.1) is 17.0 Å². The molecule has 0 aromatic heterocycles. The molecule has 2 N–H and O–H groups in total. The molecule has 3 aromatic rings. The molecule has 0 saturated carbocycles. The van der Waals surface area contributed by atoms with Gasteiger partial charge in [-0.25, -0.2) is 10.1 Å². The van der Waals surface area contributed by atoms with E-state index in [1.165, 1.54) is 29.2 Å². The molecule has 1 saturated heterocycles. The number of hydrogen-bond acceptors (Lipinski definition) is 4. The fraction of sp³-hybridized carbons (Fsp3) is 0.167. The number of alkyl halides is 1. The number of anilines is 1. The van der Waals surface area contributed by atoms with Crippen LogP contribution in [-0.2, 0) is 13.9 Å². The van der Waals surface area contributed by atoms with Crippen LogP contribution in [0.25, 0.3) is 0 Å². The molecule has 1 heterocycles. The van der Waals surface area contributed by atoms with Crippen LogP contribution >= 0.6 is 15.9 Å². The first-order chi connectivity index (χ1) is 14.9. The summed E-state index contributed by atoms with van der Waals surface area (Å²) >= 11 is 3.96. The van der Waals surface area contributed by atoms with E-state index in [1.54, 1.807) is 0 Å². The normalized spacial score (nSPS) is 28.9. The number of rotatable bonds is 2. The van der Waals surface area contributed by atoms with Gasteiger partial charge >= 0.3 is 0 Å². The summed E-state index contributed by atoms with van der Waals surface area (Å²) < 4.78 is -0.790. The van der Waals surface area contributed by atoms with Gasteiger partial charge in [-0.15, -0.1) is 0 Å². The molecule has 1 unspecified atom stereocenters. The van der Waals surface area contributed by atoms with E-state index in [-0.39, 0.29) is 23.4 Å². The first-order valence-corrected chi connectivity index (χ1v) is 10.8. The molecule has 3 atom stereocenters. The Hall–Kier alpha value is -2.84. The number of imide groups is 1. The summed E-state index contributed by atoms with van der Waals surface area (Å²) in [5, 5.41) is 19.3. The molecule has 2 bridgehead atoms. The molecule has 1 aliphatic heterocycles. The van der Waals surface area contributed by atoms with Gasteiger partial charge in [0.25, 0.3) is 0 Å². The SMILES string of the molecule is O=C1[C@@H]2[C@@H](C(=O)N1c1ccc([NH+]([O-])O)cc1)C1c3ccccc3C2(Br)c2ccccc21. The van der Waals surface area contributed by atoms with Gasteiger partial charge in [-0.3, -0.25) is 9.59 Å². The van der Waals surface area contributed by atoms with Crippen molar-refractivity contribution >= 4 is 39.1 Å². The van der Waals surface area contributed by atoms with Gasteiger partial charge in [0.1, 0.15) is 0 Å². The van der Waals surface area contributed by atoms with E-state index >= 15 is 0 Å². The molecule has 4 aliphatic rings. The summed E-state index contributed by atoms with van der Waals surface area (Å²) in [7, 11) is 0. The van der Waals surface area contributed by atoms with Gasteiger partial charge in [-0.1, -0.05) is 64.5 Å². The molecule has 7 heteroatoms. The molecule has 7 rings (SSSR count). The lowest BCUT2D eigenvalue weighted by Gasteiger charge is -2.51. The van der Waals surface area contributed by atoms with Crippen molar-refractivity contribution in [2.45, 2.75) is 10.2 Å². The smallest absolute Gasteiger partial charge is 0.239 e. The second-order valence-corrected chi connectivity index (χ2v) is 9.48. The molecule has 3 aliphatic carbocycles. The predicted octanol–water partition coefficient (Wildman–Crippen LogP) is 2.99. The summed E-state index contributed by atoms with van der Waals surface area (Å²) in [5.74, 6) is -1.79. The van der Waals surface area contributed by atoms with Crippen LogP contribution < -0.4 is 10.1 Å². The maximum absolute atomic E-state index is 13.7. The predicted molar refractivity (Wildman–Crippen MR) is 116 cm³/mol. The molecule has 154 valence electrons. The number of carbonyl (C=O) groups is 2. The molecular weight excluding hydrogens is 460 g/mol. The Balaban J connectivity index is 1.55. The molecular formula is C24H17BrN2O4. The van der Waals surface area contributed by atoms with Crippen molar-refractivity contribution in [1.29, 1.82) is 0 Å². The molecule has 3 aromatic carbocycles. The van der Waals surface area contributed by atoms with Crippen LogP contribution in [0.3, 0.4) is 0 Å². The lowest BCUT2D eigenvalue weighted by Crippen LogP contribution is -2.99. The minimum absolute atomic E-state index is 0.108. The fourth-order valence-electron chi connectivity index (χ4n) is 5.69. The van der Waals surface area contributed by atoms with E-state index in [9.17, 15) is 20.0 Å². The van der Waals surface area contributed by atoms with E-state index in [4.69, 9.17) is 0 Å². The highest BCUT2D eigenvalue weighted by atomic mass is 79.9. The van der Waals surface area contributed by atoms with Gasteiger partial charge in [0.2, 0.25) is 11.8 Å². The Kier molecular flexibility index (Phi) is 3.86. The number of quaternary nitrogens is 1. The van der Waals surface area contributed by atoms with Crippen LogP contribution in [-0.4, -0.2) is 17.0 Å². The standard InChI is InChI=1S/C24H17BrN2O4/c25-24-17-7-3-1-5-15(17)19(16-6-2-4-8-18(16)24)20-21(24)23(29)26(22(20)28)13-9-11-14(12-10-13)27(30)31/h1-12,19-21,27,30H/t19?,20-,21-,24?/m0/s1. The molecule has 0 spiro atoms. The fourth-order valence-corrected chi connectivity index (χ4v) is 6.89. The van der Waals surface area contributed by atoms with E-state index < -0.39 is 21.4 Å². The summed E-state index contributed by atoms with van der Waals surface area (Å²) in [5.41, 5.74) is 4.72. The van der Waals surface area contributed by atoms with Crippen LogP contribution in [0.1, 0.15) is 28.2 Å². The van der Waals surface area contributed by atoms with Crippen molar-refractivity contribution in [1.82, 2.24) is 0 Å². The Labute approximate surface area is 186 Å². The lowest BCUT2D eigenvalue weighted by atomic mass is 9.55. The van der Waals surface area contributed by atoms with Crippen LogP contribution in [0.15, 0.2) is 72.8 Å². The second-order valence-electron chi connectivity index (χ2n) is 8.23. The van der Waals surface area contributed by atoms with E-state index in [1.807, 2.05) is 48.5 Å². The van der Waals surface area contributed by atoms with Gasteiger partial charge in [0, 0.05) is 18.1 Å². The van der Waals surface area contributed by atoms with Crippen LogP contribution in [0.4, 0.5) is 11.4 Å². The maximum atomic E-state index is 13.7. The highest BCUT2D eigenvalue weighted by molar-refractivity contribution is 9.09. The van der Waals surface area contributed by atoms with Crippen molar-refractivity contribution in [3.63, 3.8) is 0 Å². The lowest BCUT2D eigenvalue weighted by molar-refractivity contribution is -0.991. The monoisotopic (exact) mass is 476 g/mol. The van der Waals surface area contributed by atoms with Gasteiger partial charge in [0.15, 0.2) is 5.69 Å². The minimum Gasteiger partial charge on any atom is -0.595 e. The van der Waals surface area contributed by atoms with Crippen molar-refractivity contribution in [3.05, 3.63) is 100 Å².